The molecule has 0 fully saturated rings. The SMILES string of the molecule is CC.CCCCOC(=O)CSC1=NC(C)=CN2C1=C(C(C)=O)C(CC)C2Cc1ccccc1-c1ccc(F)cc1.NC=O. The quantitative estimate of drug-likeness (QED) is 0.176. The minimum Gasteiger partial charge on any atom is -0.465 e. The lowest BCUT2D eigenvalue weighted by molar-refractivity contribution is -0.140. The van der Waals surface area contributed by atoms with Gasteiger partial charge in [-0.2, -0.15) is 0 Å². The number of allylic oxidation sites excluding steroid dienone is 1. The van der Waals surface area contributed by atoms with E-state index < -0.39 is 0 Å². The summed E-state index contributed by atoms with van der Waals surface area (Å²) in [6.45, 7) is 12.1. The normalized spacial score (nSPS) is 17.0. The van der Waals surface area contributed by atoms with Crippen LogP contribution in [0.25, 0.3) is 11.1 Å². The molecule has 0 radical (unpaired) electrons. The molecule has 43 heavy (non-hydrogen) atoms. The predicted octanol–water partition coefficient (Wildman–Crippen LogP) is 7.07. The molecular formula is C34H44FN3O4S. The number of nitrogens with zero attached hydrogens (tertiary/aromatic N) is 2. The Kier molecular flexibility index (Phi) is 14.9. The molecule has 2 aliphatic rings. The van der Waals surface area contributed by atoms with Crippen LogP contribution in [0.1, 0.15) is 66.4 Å². The van der Waals surface area contributed by atoms with Crippen molar-refractivity contribution in [2.45, 2.75) is 73.3 Å². The van der Waals surface area contributed by atoms with Crippen LogP contribution in [0.3, 0.4) is 0 Å². The summed E-state index contributed by atoms with van der Waals surface area (Å²) in [6, 6.07) is 14.7. The van der Waals surface area contributed by atoms with Gasteiger partial charge in [-0.15, -0.1) is 0 Å². The number of benzene rings is 2. The molecule has 9 heteroatoms. The molecule has 0 aromatic heterocycles. The number of unbranched alkanes of at least 4 members (excludes halogenated alkanes) is 1. The first-order chi connectivity index (χ1) is 20.7. The summed E-state index contributed by atoms with van der Waals surface area (Å²) < 4.78 is 18.9. The number of primary amides is 1. The van der Waals surface area contributed by atoms with Gasteiger partial charge in [-0.3, -0.25) is 14.4 Å². The third-order valence-electron chi connectivity index (χ3n) is 7.02. The van der Waals surface area contributed by atoms with E-state index in [-0.39, 0.29) is 41.7 Å². The number of carbonyl (C=O) groups excluding carboxylic acids is 3. The van der Waals surface area contributed by atoms with E-state index in [4.69, 9.17) is 14.5 Å². The monoisotopic (exact) mass is 609 g/mol. The number of nitrogens with two attached hydrogens (primary N) is 1. The lowest BCUT2D eigenvalue weighted by atomic mass is 9.84. The molecule has 0 spiro atoms. The number of Topliss-reactive ketones (excluding diaryl/α,β-unsaturated/α-hetero) is 1. The van der Waals surface area contributed by atoms with Crippen LogP contribution < -0.4 is 5.73 Å². The number of rotatable bonds is 10. The number of hydrogen-bond donors (Lipinski definition) is 1. The van der Waals surface area contributed by atoms with Crippen molar-refractivity contribution in [1.82, 2.24) is 4.90 Å². The Hall–Kier alpha value is -3.72. The van der Waals surface area contributed by atoms with Crippen molar-refractivity contribution in [2.24, 2.45) is 16.6 Å². The topological polar surface area (TPSA) is 102 Å². The number of esters is 1. The minimum absolute atomic E-state index is 0.00746. The van der Waals surface area contributed by atoms with Crippen LogP contribution in [0.4, 0.5) is 4.39 Å². The number of ketones is 1. The van der Waals surface area contributed by atoms with Crippen LogP contribution >= 0.6 is 11.8 Å². The van der Waals surface area contributed by atoms with Gasteiger partial charge in [0.1, 0.15) is 10.9 Å². The summed E-state index contributed by atoms with van der Waals surface area (Å²) in [5.74, 6) is -0.357. The lowest BCUT2D eigenvalue weighted by Gasteiger charge is -2.32. The first-order valence-electron chi connectivity index (χ1n) is 14.8. The van der Waals surface area contributed by atoms with Crippen LogP contribution in [0.5, 0.6) is 0 Å². The zero-order valence-corrected chi connectivity index (χ0v) is 26.9. The molecule has 2 atom stereocenters. The van der Waals surface area contributed by atoms with Gasteiger partial charge in [0.05, 0.1) is 23.8 Å². The van der Waals surface area contributed by atoms with Crippen molar-refractivity contribution in [3.63, 3.8) is 0 Å². The van der Waals surface area contributed by atoms with Gasteiger partial charge in [-0.25, -0.2) is 9.38 Å². The first kappa shape index (κ1) is 35.5. The fourth-order valence-electron chi connectivity index (χ4n) is 5.28. The molecule has 0 bridgehead atoms. The van der Waals surface area contributed by atoms with Gasteiger partial charge in [0.2, 0.25) is 6.41 Å². The van der Waals surface area contributed by atoms with E-state index in [1.807, 2.05) is 39.1 Å². The number of amides is 1. The summed E-state index contributed by atoms with van der Waals surface area (Å²) in [5, 5.41) is 0.690. The van der Waals surface area contributed by atoms with Gasteiger partial charge >= 0.3 is 5.97 Å². The summed E-state index contributed by atoms with van der Waals surface area (Å²) in [5.41, 5.74) is 9.71. The first-order valence-corrected chi connectivity index (χ1v) is 15.8. The summed E-state index contributed by atoms with van der Waals surface area (Å²) in [6.07, 6.45) is 5.56. The van der Waals surface area contributed by atoms with Gasteiger partial charge in [0, 0.05) is 23.7 Å². The number of ether oxygens (including phenoxy) is 1. The summed E-state index contributed by atoms with van der Waals surface area (Å²) in [7, 11) is 0. The maximum atomic E-state index is 13.6. The van der Waals surface area contributed by atoms with Gasteiger partial charge in [-0.1, -0.05) is 82.3 Å². The van der Waals surface area contributed by atoms with Gasteiger partial charge in [0.15, 0.2) is 5.78 Å². The zero-order chi connectivity index (χ0) is 31.9. The average Bonchev–Trinajstić information content (AvgIpc) is 3.31. The van der Waals surface area contributed by atoms with E-state index in [0.717, 1.165) is 52.9 Å². The predicted molar refractivity (Wildman–Crippen MR) is 174 cm³/mol. The maximum Gasteiger partial charge on any atom is 0.316 e. The third kappa shape index (κ3) is 9.38. The molecule has 2 heterocycles. The van der Waals surface area contributed by atoms with Crippen LogP contribution in [-0.4, -0.2) is 46.5 Å². The zero-order valence-electron chi connectivity index (χ0n) is 26.1. The lowest BCUT2D eigenvalue weighted by Crippen LogP contribution is -2.35. The Bertz CT molecular complexity index is 1340. The van der Waals surface area contributed by atoms with Crippen LogP contribution in [0.15, 0.2) is 76.7 Å². The Morgan fingerprint density at radius 1 is 1.12 bits per heavy atom. The van der Waals surface area contributed by atoms with Crippen molar-refractivity contribution < 1.29 is 23.5 Å². The smallest absolute Gasteiger partial charge is 0.316 e. The molecule has 7 nitrogen and oxygen atoms in total. The van der Waals surface area contributed by atoms with E-state index in [9.17, 15) is 14.0 Å². The van der Waals surface area contributed by atoms with Crippen molar-refractivity contribution in [1.29, 1.82) is 0 Å². The highest BCUT2D eigenvalue weighted by Gasteiger charge is 2.44. The van der Waals surface area contributed by atoms with Crippen molar-refractivity contribution in [3.8, 4) is 11.1 Å². The van der Waals surface area contributed by atoms with Crippen LogP contribution in [0, 0.1) is 11.7 Å². The molecule has 2 aromatic carbocycles. The highest BCUT2D eigenvalue weighted by atomic mass is 32.2. The number of thioether (sulfide) groups is 1. The van der Waals surface area contributed by atoms with E-state index in [1.54, 1.807) is 19.1 Å². The second kappa shape index (κ2) is 18.1. The number of aliphatic imine (C=N–C) groups is 1. The van der Waals surface area contributed by atoms with Gasteiger partial charge in [0.25, 0.3) is 0 Å². The Morgan fingerprint density at radius 3 is 2.37 bits per heavy atom. The molecule has 2 aromatic rings. The van der Waals surface area contributed by atoms with E-state index in [2.05, 4.69) is 36.6 Å². The molecule has 0 saturated heterocycles. The van der Waals surface area contributed by atoms with Gasteiger partial charge in [-0.05, 0) is 61.9 Å². The minimum atomic E-state index is -0.273. The largest absolute Gasteiger partial charge is 0.465 e. The van der Waals surface area contributed by atoms with Gasteiger partial charge < -0.3 is 15.4 Å². The molecule has 2 unspecified atom stereocenters. The number of hydrogen-bond acceptors (Lipinski definition) is 7. The standard InChI is InChI=1S/C31H35FN2O3S.C2H6.CH3NO/c1-5-7-16-37-28(36)19-38-31-30-29(21(4)35)25(6-2)27(34(30)18-20(3)33-31)17-23-10-8-9-11-26(23)22-12-14-24(32)15-13-22;1-2;2-1-3/h8-15,18,25,27H,5-7,16-17,19H2,1-4H3;1-2H3;1H,(H2,2,3). The van der Waals surface area contributed by atoms with Crippen LogP contribution in [-0.2, 0) is 25.5 Å². The average molecular weight is 610 g/mol. The van der Waals surface area contributed by atoms with E-state index >= 15 is 0 Å². The van der Waals surface area contributed by atoms with Crippen molar-refractivity contribution in [3.05, 3.63) is 83.1 Å². The Balaban J connectivity index is 0.00000121. The Labute approximate surface area is 259 Å². The second-order valence-corrected chi connectivity index (χ2v) is 10.8. The Morgan fingerprint density at radius 2 is 1.77 bits per heavy atom. The van der Waals surface area contributed by atoms with Crippen molar-refractivity contribution >= 4 is 35.0 Å². The molecule has 232 valence electrons. The van der Waals surface area contributed by atoms with E-state index in [0.29, 0.717) is 18.1 Å². The molecule has 0 saturated carbocycles. The molecule has 2 N–H and O–H groups in total. The highest BCUT2D eigenvalue weighted by molar-refractivity contribution is 8.15. The highest BCUT2D eigenvalue weighted by Crippen LogP contribution is 2.44. The fourth-order valence-corrected chi connectivity index (χ4v) is 6.17. The molecule has 0 aliphatic carbocycles. The van der Waals surface area contributed by atoms with E-state index in [1.165, 1.54) is 23.9 Å². The maximum absolute atomic E-state index is 13.6. The molecule has 4 rings (SSSR count). The fraction of sp³-hybridized carbons (Fsp3) is 0.412. The number of carbonyl (C=O) groups is 3. The van der Waals surface area contributed by atoms with Crippen molar-refractivity contribution in [2.75, 3.05) is 12.4 Å². The number of halogens is 1. The summed E-state index contributed by atoms with van der Waals surface area (Å²) >= 11 is 1.33. The second-order valence-electron chi connectivity index (χ2n) is 9.86. The molecule has 1 amide bonds. The molecule has 2 aliphatic heterocycles. The van der Waals surface area contributed by atoms with Crippen LogP contribution in [0.2, 0.25) is 0 Å². The number of fused-ring (bicyclic) bond motifs is 1. The third-order valence-corrected chi connectivity index (χ3v) is 7.96. The molecular weight excluding hydrogens is 565 g/mol. The summed E-state index contributed by atoms with van der Waals surface area (Å²) in [4.78, 5) is 40.9.